The van der Waals surface area contributed by atoms with E-state index in [2.05, 4.69) is 15.3 Å². The summed E-state index contributed by atoms with van der Waals surface area (Å²) in [5.41, 5.74) is 3.20. The molecule has 1 amide bonds. The lowest BCUT2D eigenvalue weighted by atomic mass is 10.2. The smallest absolute Gasteiger partial charge is 0.316 e. The zero-order valence-electron chi connectivity index (χ0n) is 17.6. The molecule has 1 heterocycles. The highest BCUT2D eigenvalue weighted by Gasteiger charge is 2.10. The van der Waals surface area contributed by atoms with Crippen LogP contribution in [-0.2, 0) is 20.9 Å². The van der Waals surface area contributed by atoms with Crippen molar-refractivity contribution in [1.82, 2.24) is 9.97 Å². The lowest BCUT2D eigenvalue weighted by Crippen LogP contribution is -2.21. The number of thioether (sulfide) groups is 1. The van der Waals surface area contributed by atoms with E-state index in [-0.39, 0.29) is 12.4 Å². The second kappa shape index (κ2) is 11.1. The van der Waals surface area contributed by atoms with Crippen molar-refractivity contribution in [3.05, 3.63) is 90.6 Å². The molecule has 0 saturated heterocycles. The van der Waals surface area contributed by atoms with Crippen LogP contribution in [0.15, 0.2) is 90.1 Å². The van der Waals surface area contributed by atoms with E-state index < -0.39 is 11.9 Å². The number of benzene rings is 3. The van der Waals surface area contributed by atoms with Gasteiger partial charge in [0.05, 0.1) is 23.0 Å². The zero-order valence-corrected chi connectivity index (χ0v) is 18.5. The molecule has 3 aromatic carbocycles. The van der Waals surface area contributed by atoms with Gasteiger partial charge in [-0.25, -0.2) is 4.98 Å². The number of amides is 1. The molecular weight excluding hydrogens is 438 g/mol. The van der Waals surface area contributed by atoms with Gasteiger partial charge in [-0.3, -0.25) is 14.6 Å². The van der Waals surface area contributed by atoms with Crippen LogP contribution in [0.5, 0.6) is 5.75 Å². The predicted molar refractivity (Wildman–Crippen MR) is 127 cm³/mol. The number of hydrogen-bond acceptors (Lipinski definition) is 7. The first kappa shape index (κ1) is 22.3. The van der Waals surface area contributed by atoms with Gasteiger partial charge in [-0.1, -0.05) is 54.2 Å². The fraction of sp³-hybridized carbons (Fsp3) is 0.120. The van der Waals surface area contributed by atoms with Crippen LogP contribution in [0.2, 0.25) is 0 Å². The first-order chi connectivity index (χ1) is 16.2. The fourth-order valence-corrected chi connectivity index (χ4v) is 3.54. The molecule has 7 nitrogen and oxygen atoms in total. The number of aromatic nitrogens is 2. The Bertz CT molecular complexity index is 1230. The van der Waals surface area contributed by atoms with Crippen LogP contribution in [0, 0.1) is 0 Å². The van der Waals surface area contributed by atoms with Gasteiger partial charge in [0.15, 0.2) is 6.61 Å². The third-order valence-electron chi connectivity index (χ3n) is 4.52. The summed E-state index contributed by atoms with van der Waals surface area (Å²) in [7, 11) is 0. The SMILES string of the molecule is O=C(COC(=O)CSc1cnc2ccccc2n1)Nc1ccc(OCc2ccccc2)cc1. The Morgan fingerprint density at radius 1 is 0.879 bits per heavy atom. The van der Waals surface area contributed by atoms with Crippen molar-refractivity contribution in [2.45, 2.75) is 11.6 Å². The van der Waals surface area contributed by atoms with Crippen LogP contribution in [0.3, 0.4) is 0 Å². The number of nitrogens with one attached hydrogen (secondary N) is 1. The van der Waals surface area contributed by atoms with Crippen LogP contribution in [0.4, 0.5) is 5.69 Å². The Labute approximate surface area is 195 Å². The minimum Gasteiger partial charge on any atom is -0.489 e. The zero-order chi connectivity index (χ0) is 22.9. The van der Waals surface area contributed by atoms with E-state index in [1.807, 2.05) is 54.6 Å². The van der Waals surface area contributed by atoms with Crippen LogP contribution in [0.1, 0.15) is 5.56 Å². The Kier molecular flexibility index (Phi) is 7.50. The van der Waals surface area contributed by atoms with E-state index in [9.17, 15) is 9.59 Å². The number of carbonyl (C=O) groups excluding carboxylic acids is 2. The number of nitrogens with zero attached hydrogens (tertiary/aromatic N) is 2. The van der Waals surface area contributed by atoms with Crippen molar-refractivity contribution < 1.29 is 19.1 Å². The largest absolute Gasteiger partial charge is 0.489 e. The molecule has 0 aliphatic heterocycles. The maximum Gasteiger partial charge on any atom is 0.316 e. The second-order valence-corrected chi connectivity index (χ2v) is 7.99. The highest BCUT2D eigenvalue weighted by atomic mass is 32.2. The first-order valence-electron chi connectivity index (χ1n) is 10.2. The van der Waals surface area contributed by atoms with Crippen molar-refractivity contribution in [3.63, 3.8) is 0 Å². The lowest BCUT2D eigenvalue weighted by molar-refractivity contribution is -0.144. The van der Waals surface area contributed by atoms with Crippen molar-refractivity contribution in [2.24, 2.45) is 0 Å². The third kappa shape index (κ3) is 6.78. The van der Waals surface area contributed by atoms with E-state index in [1.165, 1.54) is 11.8 Å². The minimum atomic E-state index is -0.505. The summed E-state index contributed by atoms with van der Waals surface area (Å²) in [6.45, 7) is 0.0976. The third-order valence-corrected chi connectivity index (χ3v) is 5.39. The van der Waals surface area contributed by atoms with Gasteiger partial charge in [-0.05, 0) is 42.0 Å². The molecule has 0 aliphatic carbocycles. The van der Waals surface area contributed by atoms with Crippen molar-refractivity contribution in [1.29, 1.82) is 0 Å². The molecule has 1 N–H and O–H groups in total. The average Bonchev–Trinajstić information content (AvgIpc) is 2.86. The number of fused-ring (bicyclic) bond motifs is 1. The van der Waals surface area contributed by atoms with Gasteiger partial charge in [0.25, 0.3) is 5.91 Å². The van der Waals surface area contributed by atoms with Crippen LogP contribution in [0.25, 0.3) is 11.0 Å². The standard InChI is InChI=1S/C25H21N3O4S/c29-23(27-19-10-12-20(13-11-19)31-15-18-6-2-1-3-7-18)16-32-25(30)17-33-24-14-26-21-8-4-5-9-22(21)28-24/h1-14H,15-17H2,(H,27,29). The Hall–Kier alpha value is -3.91. The van der Waals surface area contributed by atoms with Gasteiger partial charge < -0.3 is 14.8 Å². The number of ether oxygens (including phenoxy) is 2. The van der Waals surface area contributed by atoms with Gasteiger partial charge in [0.1, 0.15) is 17.4 Å². The maximum absolute atomic E-state index is 12.1. The summed E-state index contributed by atoms with van der Waals surface area (Å²) in [4.78, 5) is 32.8. The number of esters is 1. The van der Waals surface area contributed by atoms with Gasteiger partial charge in [-0.15, -0.1) is 0 Å². The second-order valence-electron chi connectivity index (χ2n) is 6.99. The summed E-state index contributed by atoms with van der Waals surface area (Å²) < 4.78 is 10.8. The summed E-state index contributed by atoms with van der Waals surface area (Å²) >= 11 is 1.21. The Morgan fingerprint density at radius 2 is 1.61 bits per heavy atom. The molecule has 0 radical (unpaired) electrons. The monoisotopic (exact) mass is 459 g/mol. The molecule has 166 valence electrons. The molecule has 0 fully saturated rings. The quantitative estimate of drug-likeness (QED) is 0.291. The first-order valence-corrected chi connectivity index (χ1v) is 11.2. The number of carbonyl (C=O) groups is 2. The van der Waals surface area contributed by atoms with Gasteiger partial charge >= 0.3 is 5.97 Å². The van der Waals surface area contributed by atoms with Crippen LogP contribution < -0.4 is 10.1 Å². The average molecular weight is 460 g/mol. The molecule has 0 saturated carbocycles. The van der Waals surface area contributed by atoms with Crippen molar-refractivity contribution >= 4 is 40.4 Å². The number of anilines is 1. The molecule has 33 heavy (non-hydrogen) atoms. The Morgan fingerprint density at radius 3 is 2.39 bits per heavy atom. The minimum absolute atomic E-state index is 0.0355. The lowest BCUT2D eigenvalue weighted by Gasteiger charge is -2.09. The molecular formula is C25H21N3O4S. The number of hydrogen-bond donors (Lipinski definition) is 1. The topological polar surface area (TPSA) is 90.4 Å². The fourth-order valence-electron chi connectivity index (χ4n) is 2.90. The summed E-state index contributed by atoms with van der Waals surface area (Å²) in [5.74, 6) is -0.197. The number of para-hydroxylation sites is 2. The number of rotatable bonds is 9. The molecule has 8 heteroatoms. The summed E-state index contributed by atoms with van der Waals surface area (Å²) in [5, 5.41) is 3.31. The van der Waals surface area contributed by atoms with E-state index in [1.54, 1.807) is 30.5 Å². The van der Waals surface area contributed by atoms with E-state index in [0.29, 0.717) is 23.1 Å². The normalized spacial score (nSPS) is 10.5. The van der Waals surface area contributed by atoms with E-state index >= 15 is 0 Å². The molecule has 0 unspecified atom stereocenters. The summed E-state index contributed by atoms with van der Waals surface area (Å²) in [6, 6.07) is 24.3. The molecule has 1 aromatic heterocycles. The molecule has 0 spiro atoms. The molecule has 0 bridgehead atoms. The van der Waals surface area contributed by atoms with E-state index in [0.717, 1.165) is 16.6 Å². The highest BCUT2D eigenvalue weighted by molar-refractivity contribution is 7.99. The van der Waals surface area contributed by atoms with E-state index in [4.69, 9.17) is 9.47 Å². The molecule has 4 rings (SSSR count). The van der Waals surface area contributed by atoms with Crippen LogP contribution >= 0.6 is 11.8 Å². The van der Waals surface area contributed by atoms with Gasteiger partial charge in [0.2, 0.25) is 0 Å². The van der Waals surface area contributed by atoms with Crippen LogP contribution in [-0.4, -0.2) is 34.2 Å². The summed E-state index contributed by atoms with van der Waals surface area (Å²) in [6.07, 6.45) is 1.61. The highest BCUT2D eigenvalue weighted by Crippen LogP contribution is 2.19. The Balaban J connectivity index is 1.18. The maximum atomic E-state index is 12.1. The van der Waals surface area contributed by atoms with Gasteiger partial charge in [0, 0.05) is 5.69 Å². The molecule has 4 aromatic rings. The molecule has 0 atom stereocenters. The molecule has 0 aliphatic rings. The van der Waals surface area contributed by atoms with Gasteiger partial charge in [-0.2, -0.15) is 0 Å². The van der Waals surface area contributed by atoms with Crippen molar-refractivity contribution in [2.75, 3.05) is 17.7 Å². The van der Waals surface area contributed by atoms with Crippen molar-refractivity contribution in [3.8, 4) is 5.75 Å². The predicted octanol–water partition coefficient (Wildman–Crippen LogP) is 4.48.